The first-order valence-electron chi connectivity index (χ1n) is 10.00. The van der Waals surface area contributed by atoms with E-state index in [1.165, 1.54) is 6.21 Å². The van der Waals surface area contributed by atoms with E-state index in [-0.39, 0.29) is 13.3 Å². The maximum Gasteiger partial charge on any atom is 0.259 e. The standard InChI is InChI=1S/C22H25N3O6/c1-3-9-29-17-7-5-15(10-19(17)28-4-2)12-24-25-21(26)13-23-22(27)16-6-8-18-20(11-16)31-14-30-18/h5-8,10-12H,3-4,9,13-14H2,1-2H3,(H,23,27)(H,25,26). The van der Waals surface area contributed by atoms with Crippen molar-refractivity contribution in [3.05, 3.63) is 47.5 Å². The quantitative estimate of drug-likeness (QED) is 0.446. The van der Waals surface area contributed by atoms with Crippen LogP contribution in [-0.2, 0) is 4.79 Å². The molecule has 2 aromatic carbocycles. The summed E-state index contributed by atoms with van der Waals surface area (Å²) in [5.74, 6) is 1.50. The fraction of sp³-hybridized carbons (Fsp3) is 0.318. The van der Waals surface area contributed by atoms with E-state index in [2.05, 4.69) is 15.8 Å². The number of nitrogens with one attached hydrogen (secondary N) is 2. The number of ether oxygens (including phenoxy) is 4. The monoisotopic (exact) mass is 427 g/mol. The van der Waals surface area contributed by atoms with Gasteiger partial charge in [-0.15, -0.1) is 0 Å². The summed E-state index contributed by atoms with van der Waals surface area (Å²) in [6, 6.07) is 10.2. The Labute approximate surface area is 180 Å². The highest BCUT2D eigenvalue weighted by molar-refractivity contribution is 5.97. The van der Waals surface area contributed by atoms with E-state index in [1.54, 1.807) is 30.3 Å². The van der Waals surface area contributed by atoms with Gasteiger partial charge >= 0.3 is 0 Å². The largest absolute Gasteiger partial charge is 0.490 e. The van der Waals surface area contributed by atoms with Crippen LogP contribution < -0.4 is 29.7 Å². The maximum absolute atomic E-state index is 12.2. The number of carbonyl (C=O) groups is 2. The Hall–Kier alpha value is -3.75. The number of nitrogens with zero attached hydrogens (tertiary/aromatic N) is 1. The fourth-order valence-electron chi connectivity index (χ4n) is 2.72. The molecule has 0 saturated carbocycles. The lowest BCUT2D eigenvalue weighted by atomic mass is 10.2. The van der Waals surface area contributed by atoms with Gasteiger partial charge in [0.1, 0.15) is 0 Å². The van der Waals surface area contributed by atoms with Crippen LogP contribution in [0.2, 0.25) is 0 Å². The van der Waals surface area contributed by atoms with Crippen molar-refractivity contribution in [2.75, 3.05) is 26.6 Å². The summed E-state index contributed by atoms with van der Waals surface area (Å²) in [4.78, 5) is 24.2. The molecule has 0 aliphatic carbocycles. The number of hydrogen-bond donors (Lipinski definition) is 2. The van der Waals surface area contributed by atoms with Crippen molar-refractivity contribution in [3.63, 3.8) is 0 Å². The van der Waals surface area contributed by atoms with Crippen molar-refractivity contribution in [3.8, 4) is 23.0 Å². The van der Waals surface area contributed by atoms with Crippen molar-refractivity contribution < 1.29 is 28.5 Å². The predicted molar refractivity (Wildman–Crippen MR) is 114 cm³/mol. The van der Waals surface area contributed by atoms with Crippen molar-refractivity contribution >= 4 is 18.0 Å². The zero-order valence-electron chi connectivity index (χ0n) is 17.5. The Morgan fingerprint density at radius 3 is 2.71 bits per heavy atom. The second kappa shape index (κ2) is 10.9. The lowest BCUT2D eigenvalue weighted by molar-refractivity contribution is -0.120. The molecule has 2 amide bonds. The minimum Gasteiger partial charge on any atom is -0.490 e. The van der Waals surface area contributed by atoms with Gasteiger partial charge in [-0.05, 0) is 55.3 Å². The van der Waals surface area contributed by atoms with Gasteiger partial charge in [-0.1, -0.05) is 6.92 Å². The van der Waals surface area contributed by atoms with Crippen molar-refractivity contribution in [2.24, 2.45) is 5.10 Å². The van der Waals surface area contributed by atoms with Crippen LogP contribution in [0.1, 0.15) is 36.2 Å². The van der Waals surface area contributed by atoms with Crippen LogP contribution in [0.4, 0.5) is 0 Å². The molecule has 164 valence electrons. The van der Waals surface area contributed by atoms with Gasteiger partial charge in [-0.2, -0.15) is 5.10 Å². The summed E-state index contributed by atoms with van der Waals surface area (Å²) in [7, 11) is 0. The maximum atomic E-state index is 12.2. The number of hydrazone groups is 1. The molecule has 31 heavy (non-hydrogen) atoms. The summed E-state index contributed by atoms with van der Waals surface area (Å²) in [5, 5.41) is 6.46. The third-order valence-corrected chi connectivity index (χ3v) is 4.18. The van der Waals surface area contributed by atoms with Crippen molar-refractivity contribution in [1.29, 1.82) is 0 Å². The highest BCUT2D eigenvalue weighted by Gasteiger charge is 2.16. The first-order valence-corrected chi connectivity index (χ1v) is 10.00. The molecule has 1 aliphatic heterocycles. The minimum atomic E-state index is -0.460. The molecule has 0 spiro atoms. The molecule has 9 heteroatoms. The predicted octanol–water partition coefficient (Wildman–Crippen LogP) is 2.48. The summed E-state index contributed by atoms with van der Waals surface area (Å²) >= 11 is 0. The second-order valence-corrected chi connectivity index (χ2v) is 6.53. The van der Waals surface area contributed by atoms with Crippen LogP contribution in [0.25, 0.3) is 0 Å². The third kappa shape index (κ3) is 6.11. The lowest BCUT2D eigenvalue weighted by Crippen LogP contribution is -2.34. The zero-order chi connectivity index (χ0) is 22.1. The van der Waals surface area contributed by atoms with Crippen LogP contribution in [0, 0.1) is 0 Å². The first kappa shape index (κ1) is 21.9. The molecule has 1 aliphatic rings. The molecule has 0 saturated heterocycles. The highest BCUT2D eigenvalue weighted by atomic mass is 16.7. The Morgan fingerprint density at radius 1 is 1.06 bits per heavy atom. The topological polar surface area (TPSA) is 107 Å². The van der Waals surface area contributed by atoms with Crippen LogP contribution in [0.3, 0.4) is 0 Å². The minimum absolute atomic E-state index is 0.126. The smallest absolute Gasteiger partial charge is 0.259 e. The third-order valence-electron chi connectivity index (χ3n) is 4.18. The SMILES string of the molecule is CCCOc1ccc(C=NNC(=O)CNC(=O)c2ccc3c(c2)OCO3)cc1OCC. The highest BCUT2D eigenvalue weighted by Crippen LogP contribution is 2.32. The van der Waals surface area contributed by atoms with Crippen LogP contribution in [0.15, 0.2) is 41.5 Å². The molecule has 0 radical (unpaired) electrons. The van der Waals surface area contributed by atoms with Gasteiger partial charge in [0.05, 0.1) is 26.0 Å². The van der Waals surface area contributed by atoms with Crippen LogP contribution in [-0.4, -0.2) is 44.6 Å². The van der Waals surface area contributed by atoms with Gasteiger partial charge in [0.2, 0.25) is 6.79 Å². The molecule has 0 aromatic heterocycles. The van der Waals surface area contributed by atoms with E-state index in [1.807, 2.05) is 19.9 Å². The average Bonchev–Trinajstić information content (AvgIpc) is 3.25. The number of carbonyl (C=O) groups excluding carboxylic acids is 2. The molecule has 3 rings (SSSR count). The van der Waals surface area contributed by atoms with Gasteiger partial charge in [0.25, 0.3) is 11.8 Å². The van der Waals surface area contributed by atoms with E-state index >= 15 is 0 Å². The molecule has 1 heterocycles. The molecule has 2 aromatic rings. The Bertz CT molecular complexity index is 960. The number of rotatable bonds is 10. The van der Waals surface area contributed by atoms with Gasteiger partial charge in [-0.25, -0.2) is 5.43 Å². The summed E-state index contributed by atoms with van der Waals surface area (Å²) in [6.07, 6.45) is 2.38. The summed E-state index contributed by atoms with van der Waals surface area (Å²) < 4.78 is 21.7. The van der Waals surface area contributed by atoms with Crippen LogP contribution >= 0.6 is 0 Å². The molecule has 0 bridgehead atoms. The molecular formula is C22H25N3O6. The normalized spacial score (nSPS) is 11.9. The number of amides is 2. The van der Waals surface area contributed by atoms with E-state index in [0.717, 1.165) is 12.0 Å². The Morgan fingerprint density at radius 2 is 1.90 bits per heavy atom. The van der Waals surface area contributed by atoms with Crippen molar-refractivity contribution in [2.45, 2.75) is 20.3 Å². The fourth-order valence-corrected chi connectivity index (χ4v) is 2.72. The van der Waals surface area contributed by atoms with Crippen molar-refractivity contribution in [1.82, 2.24) is 10.7 Å². The molecule has 0 atom stereocenters. The number of fused-ring (bicyclic) bond motifs is 1. The molecule has 9 nitrogen and oxygen atoms in total. The van der Waals surface area contributed by atoms with E-state index < -0.39 is 11.8 Å². The van der Waals surface area contributed by atoms with E-state index in [9.17, 15) is 9.59 Å². The number of hydrogen-bond acceptors (Lipinski definition) is 7. The summed E-state index contributed by atoms with van der Waals surface area (Å²) in [5.41, 5.74) is 3.48. The molecule has 0 unspecified atom stereocenters. The Balaban J connectivity index is 1.49. The second-order valence-electron chi connectivity index (χ2n) is 6.53. The van der Waals surface area contributed by atoms with E-state index in [0.29, 0.717) is 41.8 Å². The molecule has 0 fully saturated rings. The Kier molecular flexibility index (Phi) is 7.69. The summed E-state index contributed by atoms with van der Waals surface area (Å²) in [6.45, 7) is 4.93. The lowest BCUT2D eigenvalue weighted by Gasteiger charge is -2.11. The zero-order valence-corrected chi connectivity index (χ0v) is 17.5. The van der Waals surface area contributed by atoms with Crippen LogP contribution in [0.5, 0.6) is 23.0 Å². The first-order chi connectivity index (χ1) is 15.1. The molecular weight excluding hydrogens is 402 g/mol. The average molecular weight is 427 g/mol. The number of benzene rings is 2. The van der Waals surface area contributed by atoms with Gasteiger partial charge in [0.15, 0.2) is 23.0 Å². The van der Waals surface area contributed by atoms with Gasteiger partial charge in [-0.3, -0.25) is 9.59 Å². The molecule has 2 N–H and O–H groups in total. The van der Waals surface area contributed by atoms with Gasteiger partial charge < -0.3 is 24.3 Å². The van der Waals surface area contributed by atoms with E-state index in [4.69, 9.17) is 18.9 Å². The van der Waals surface area contributed by atoms with Gasteiger partial charge in [0, 0.05) is 5.56 Å².